The molecule has 3 N–H and O–H groups in total. The second kappa shape index (κ2) is 10.3. The molecule has 0 amide bonds. The molecule has 0 aliphatic rings. The number of ether oxygens (including phenoxy) is 2. The maximum atomic E-state index is 13.6. The van der Waals surface area contributed by atoms with E-state index >= 15 is 0 Å². The van der Waals surface area contributed by atoms with E-state index in [2.05, 4.69) is 15.0 Å². The SMILES string of the molecule is COCc1cc(CN=C(N)Nc2ccccc2OC(F)(F)F)ccc1F.I. The van der Waals surface area contributed by atoms with Crippen molar-refractivity contribution in [2.24, 2.45) is 10.7 Å². The first-order chi connectivity index (χ1) is 12.3. The van der Waals surface area contributed by atoms with Gasteiger partial charge in [0.2, 0.25) is 0 Å². The van der Waals surface area contributed by atoms with Gasteiger partial charge in [0.05, 0.1) is 18.8 Å². The number of nitrogens with two attached hydrogens (primary N) is 1. The lowest BCUT2D eigenvalue weighted by Gasteiger charge is -2.14. The summed E-state index contributed by atoms with van der Waals surface area (Å²) in [6, 6.07) is 9.85. The van der Waals surface area contributed by atoms with Crippen LogP contribution in [0.1, 0.15) is 11.1 Å². The van der Waals surface area contributed by atoms with Gasteiger partial charge in [0.25, 0.3) is 0 Å². The first-order valence-electron chi connectivity index (χ1n) is 7.46. The standard InChI is InChI=1S/C17H17F4N3O2.HI/c1-25-10-12-8-11(6-7-13(12)18)9-23-16(22)24-14-4-2-3-5-15(14)26-17(19,20)21;/h2-8H,9-10H2,1H3,(H3,22,23,24);1H. The molecule has 27 heavy (non-hydrogen) atoms. The molecule has 0 aliphatic carbocycles. The van der Waals surface area contributed by atoms with E-state index in [1.807, 2.05) is 0 Å². The van der Waals surface area contributed by atoms with Gasteiger partial charge in [-0.3, -0.25) is 0 Å². The second-order valence-electron chi connectivity index (χ2n) is 5.23. The molecule has 0 atom stereocenters. The zero-order valence-corrected chi connectivity index (χ0v) is 16.5. The van der Waals surface area contributed by atoms with Crippen molar-refractivity contribution in [1.82, 2.24) is 0 Å². The third-order valence-electron chi connectivity index (χ3n) is 3.22. The molecule has 2 aromatic carbocycles. The number of aliphatic imine (C=N–C) groups is 1. The molecule has 0 fully saturated rings. The van der Waals surface area contributed by atoms with Gasteiger partial charge in [0.15, 0.2) is 11.7 Å². The number of halogens is 5. The van der Waals surface area contributed by atoms with Crippen molar-refractivity contribution < 1.29 is 27.0 Å². The Morgan fingerprint density at radius 3 is 2.56 bits per heavy atom. The molecule has 2 rings (SSSR count). The van der Waals surface area contributed by atoms with E-state index in [9.17, 15) is 17.6 Å². The van der Waals surface area contributed by atoms with Gasteiger partial charge in [-0.1, -0.05) is 18.2 Å². The monoisotopic (exact) mass is 499 g/mol. The van der Waals surface area contributed by atoms with Crippen molar-refractivity contribution in [3.8, 4) is 5.75 Å². The number of para-hydroxylation sites is 2. The number of nitrogens with zero attached hydrogens (tertiary/aromatic N) is 1. The van der Waals surface area contributed by atoms with Crippen LogP contribution in [0.15, 0.2) is 47.5 Å². The van der Waals surface area contributed by atoms with Crippen molar-refractivity contribution in [2.75, 3.05) is 12.4 Å². The molecular formula is C17H18F4IN3O2. The third-order valence-corrected chi connectivity index (χ3v) is 3.22. The molecule has 0 spiro atoms. The van der Waals surface area contributed by atoms with Gasteiger partial charge < -0.3 is 20.5 Å². The number of alkyl halides is 3. The van der Waals surface area contributed by atoms with Crippen LogP contribution in [0.5, 0.6) is 5.75 Å². The summed E-state index contributed by atoms with van der Waals surface area (Å²) in [5, 5.41) is 2.56. The molecular weight excluding hydrogens is 481 g/mol. The number of benzene rings is 2. The van der Waals surface area contributed by atoms with Crippen molar-refractivity contribution >= 4 is 35.6 Å². The quantitative estimate of drug-likeness (QED) is 0.268. The van der Waals surface area contributed by atoms with Gasteiger partial charge in [0.1, 0.15) is 5.82 Å². The van der Waals surface area contributed by atoms with Gasteiger partial charge >= 0.3 is 6.36 Å². The number of guanidine groups is 1. The topological polar surface area (TPSA) is 68.9 Å². The summed E-state index contributed by atoms with van der Waals surface area (Å²) in [5.74, 6) is -0.938. The summed E-state index contributed by atoms with van der Waals surface area (Å²) in [6.45, 7) is 0.220. The van der Waals surface area contributed by atoms with E-state index in [4.69, 9.17) is 10.5 Å². The number of nitrogens with one attached hydrogen (secondary N) is 1. The van der Waals surface area contributed by atoms with E-state index in [0.717, 1.165) is 6.07 Å². The van der Waals surface area contributed by atoms with E-state index in [-0.39, 0.29) is 48.8 Å². The highest BCUT2D eigenvalue weighted by atomic mass is 127. The number of rotatable bonds is 6. The normalized spacial score (nSPS) is 11.7. The summed E-state index contributed by atoms with van der Waals surface area (Å²) in [7, 11) is 1.45. The first-order valence-corrected chi connectivity index (χ1v) is 7.46. The molecule has 148 valence electrons. The summed E-state index contributed by atoms with van der Waals surface area (Å²) >= 11 is 0. The van der Waals surface area contributed by atoms with Crippen LogP contribution in [0.4, 0.5) is 23.2 Å². The van der Waals surface area contributed by atoms with E-state index < -0.39 is 17.9 Å². The van der Waals surface area contributed by atoms with E-state index in [1.165, 1.54) is 37.4 Å². The predicted molar refractivity (Wildman–Crippen MR) is 105 cm³/mol. The van der Waals surface area contributed by atoms with Gasteiger partial charge in [-0.25, -0.2) is 9.38 Å². The minimum absolute atomic E-state index is 0. The maximum Gasteiger partial charge on any atom is 0.573 e. The summed E-state index contributed by atoms with van der Waals surface area (Å²) in [4.78, 5) is 4.04. The van der Waals surface area contributed by atoms with Crippen LogP contribution in [0, 0.1) is 5.82 Å². The van der Waals surface area contributed by atoms with Crippen LogP contribution in [0.2, 0.25) is 0 Å². The first kappa shape index (κ1) is 23.0. The largest absolute Gasteiger partial charge is 0.573 e. The molecule has 0 aromatic heterocycles. The fourth-order valence-electron chi connectivity index (χ4n) is 2.13. The lowest BCUT2D eigenvalue weighted by Crippen LogP contribution is -2.24. The minimum atomic E-state index is -4.82. The van der Waals surface area contributed by atoms with Crippen molar-refractivity contribution in [2.45, 2.75) is 19.5 Å². The van der Waals surface area contributed by atoms with E-state index in [1.54, 1.807) is 6.07 Å². The second-order valence-corrected chi connectivity index (χ2v) is 5.23. The zero-order valence-electron chi connectivity index (χ0n) is 14.2. The maximum absolute atomic E-state index is 13.6. The average molecular weight is 499 g/mol. The molecule has 5 nitrogen and oxygen atoms in total. The van der Waals surface area contributed by atoms with Gasteiger partial charge in [0, 0.05) is 12.7 Å². The molecule has 2 aromatic rings. The van der Waals surface area contributed by atoms with Crippen LogP contribution in [-0.2, 0) is 17.9 Å². The minimum Gasteiger partial charge on any atom is -0.404 e. The Bertz CT molecular complexity index is 785. The molecule has 0 heterocycles. The summed E-state index contributed by atoms with van der Waals surface area (Å²) in [6.07, 6.45) is -4.82. The lowest BCUT2D eigenvalue weighted by atomic mass is 10.1. The predicted octanol–water partition coefficient (Wildman–Crippen LogP) is 4.42. The molecule has 0 bridgehead atoms. The Hall–Kier alpha value is -2.08. The fourth-order valence-corrected chi connectivity index (χ4v) is 2.13. The molecule has 0 unspecified atom stereocenters. The van der Waals surface area contributed by atoms with Crippen LogP contribution in [-0.4, -0.2) is 19.4 Å². The highest BCUT2D eigenvalue weighted by Gasteiger charge is 2.32. The van der Waals surface area contributed by atoms with Crippen molar-refractivity contribution in [3.63, 3.8) is 0 Å². The van der Waals surface area contributed by atoms with E-state index in [0.29, 0.717) is 11.1 Å². The summed E-state index contributed by atoms with van der Waals surface area (Å²) < 4.78 is 59.6. The number of anilines is 1. The van der Waals surface area contributed by atoms with Crippen molar-refractivity contribution in [1.29, 1.82) is 0 Å². The van der Waals surface area contributed by atoms with Crippen LogP contribution in [0.25, 0.3) is 0 Å². The van der Waals surface area contributed by atoms with Gasteiger partial charge in [-0.05, 0) is 29.8 Å². The molecule has 10 heteroatoms. The highest BCUT2D eigenvalue weighted by molar-refractivity contribution is 14.0. The number of hydrogen-bond acceptors (Lipinski definition) is 3. The fraction of sp³-hybridized carbons (Fsp3) is 0.235. The van der Waals surface area contributed by atoms with Crippen LogP contribution < -0.4 is 15.8 Å². The Morgan fingerprint density at radius 2 is 1.89 bits per heavy atom. The van der Waals surface area contributed by atoms with Crippen LogP contribution >= 0.6 is 24.0 Å². The Balaban J connectivity index is 0.00000364. The molecule has 0 saturated heterocycles. The Morgan fingerprint density at radius 1 is 1.19 bits per heavy atom. The number of hydrogen-bond donors (Lipinski definition) is 2. The summed E-state index contributed by atoms with van der Waals surface area (Å²) in [5.41, 5.74) is 6.78. The highest BCUT2D eigenvalue weighted by Crippen LogP contribution is 2.29. The average Bonchev–Trinajstić information content (AvgIpc) is 2.56. The lowest BCUT2D eigenvalue weighted by molar-refractivity contribution is -0.274. The van der Waals surface area contributed by atoms with Crippen LogP contribution in [0.3, 0.4) is 0 Å². The Labute approximate surface area is 170 Å². The smallest absolute Gasteiger partial charge is 0.404 e. The Kier molecular flexibility index (Phi) is 8.76. The molecule has 0 aliphatic heterocycles. The third kappa shape index (κ3) is 7.59. The molecule has 0 saturated carbocycles. The van der Waals surface area contributed by atoms with Crippen molar-refractivity contribution in [3.05, 3.63) is 59.4 Å². The number of methoxy groups -OCH3 is 1. The molecule has 0 radical (unpaired) electrons. The van der Waals surface area contributed by atoms with Gasteiger partial charge in [-0.2, -0.15) is 0 Å². The zero-order chi connectivity index (χ0) is 19.2. The van der Waals surface area contributed by atoms with Gasteiger partial charge in [-0.15, -0.1) is 37.1 Å².